The molecule has 1 N–H and O–H groups in total. The number of aromatic amines is 1. The van der Waals surface area contributed by atoms with E-state index in [0.717, 1.165) is 12.8 Å². The number of aromatic nitrogens is 1. The second-order valence-electron chi connectivity index (χ2n) is 5.08. The van der Waals surface area contributed by atoms with Crippen molar-refractivity contribution in [3.8, 4) is 0 Å². The van der Waals surface area contributed by atoms with Gasteiger partial charge in [-0.05, 0) is 49.4 Å². The molecule has 96 valence electrons. The molecule has 0 bridgehead atoms. The van der Waals surface area contributed by atoms with Crippen molar-refractivity contribution < 1.29 is 0 Å². The number of H-pyrrole nitrogens is 1. The molecule has 0 amide bonds. The summed E-state index contributed by atoms with van der Waals surface area (Å²) in [6.07, 6.45) is 9.03. The van der Waals surface area contributed by atoms with Crippen LogP contribution in [0.5, 0.6) is 0 Å². The van der Waals surface area contributed by atoms with Crippen molar-refractivity contribution in [1.82, 2.24) is 4.98 Å². The molecular weight excluding hydrogens is 218 g/mol. The van der Waals surface area contributed by atoms with E-state index in [2.05, 4.69) is 56.2 Å². The van der Waals surface area contributed by atoms with Gasteiger partial charge < -0.3 is 4.98 Å². The molecule has 1 aromatic heterocycles. The Morgan fingerprint density at radius 2 is 2.11 bits per heavy atom. The zero-order valence-corrected chi connectivity index (χ0v) is 11.7. The number of rotatable bonds is 5. The third-order valence-electron chi connectivity index (χ3n) is 3.39. The third-order valence-corrected chi connectivity index (χ3v) is 3.39. The summed E-state index contributed by atoms with van der Waals surface area (Å²) in [6.45, 7) is 6.65. The Morgan fingerprint density at radius 1 is 1.28 bits per heavy atom. The second-order valence-corrected chi connectivity index (χ2v) is 5.08. The number of benzene rings is 1. The van der Waals surface area contributed by atoms with Crippen LogP contribution in [0.2, 0.25) is 0 Å². The van der Waals surface area contributed by atoms with Crippen LogP contribution in [0.15, 0.2) is 36.0 Å². The molecule has 0 unspecified atom stereocenters. The molecule has 1 aromatic carbocycles. The van der Waals surface area contributed by atoms with E-state index >= 15 is 0 Å². The van der Waals surface area contributed by atoms with Crippen LogP contribution < -0.4 is 0 Å². The molecule has 0 atom stereocenters. The zero-order valence-electron chi connectivity index (χ0n) is 11.7. The van der Waals surface area contributed by atoms with Crippen molar-refractivity contribution in [2.24, 2.45) is 0 Å². The number of nitrogens with one attached hydrogen (secondary N) is 1. The largest absolute Gasteiger partial charge is 0.361 e. The Balaban J connectivity index is 2.33. The van der Waals surface area contributed by atoms with Crippen molar-refractivity contribution >= 4 is 10.9 Å². The first-order valence-electron chi connectivity index (χ1n) is 6.99. The fourth-order valence-electron chi connectivity index (χ4n) is 2.54. The first-order chi connectivity index (χ1) is 8.74. The van der Waals surface area contributed by atoms with E-state index in [-0.39, 0.29) is 0 Å². The van der Waals surface area contributed by atoms with Gasteiger partial charge in [-0.25, -0.2) is 0 Å². The zero-order chi connectivity index (χ0) is 13.0. The minimum atomic E-state index is 1.06. The molecule has 0 radical (unpaired) electrons. The van der Waals surface area contributed by atoms with Gasteiger partial charge >= 0.3 is 0 Å². The van der Waals surface area contributed by atoms with E-state index in [9.17, 15) is 0 Å². The topological polar surface area (TPSA) is 15.8 Å². The first-order valence-corrected chi connectivity index (χ1v) is 6.99. The number of allylic oxidation sites excluding steroid dienone is 2. The summed E-state index contributed by atoms with van der Waals surface area (Å²) in [5.41, 5.74) is 5.58. The average molecular weight is 241 g/mol. The molecule has 1 heterocycles. The van der Waals surface area contributed by atoms with Gasteiger partial charge in [0.25, 0.3) is 0 Å². The van der Waals surface area contributed by atoms with Gasteiger partial charge in [0, 0.05) is 17.1 Å². The first kappa shape index (κ1) is 12.9. The van der Waals surface area contributed by atoms with Gasteiger partial charge in [0.05, 0.1) is 0 Å². The molecule has 0 fully saturated rings. The van der Waals surface area contributed by atoms with Crippen LogP contribution in [-0.4, -0.2) is 4.98 Å². The molecule has 2 rings (SSSR count). The van der Waals surface area contributed by atoms with Crippen molar-refractivity contribution in [3.05, 3.63) is 47.2 Å². The van der Waals surface area contributed by atoms with Gasteiger partial charge in [-0.15, -0.1) is 0 Å². The van der Waals surface area contributed by atoms with E-state index in [1.54, 1.807) is 0 Å². The highest BCUT2D eigenvalue weighted by Gasteiger charge is 2.05. The maximum atomic E-state index is 3.38. The Labute approximate surface area is 110 Å². The van der Waals surface area contributed by atoms with Crippen LogP contribution in [0, 0.1) is 0 Å². The Kier molecular flexibility index (Phi) is 4.24. The molecule has 1 nitrogen and oxygen atoms in total. The average Bonchev–Trinajstić information content (AvgIpc) is 2.73. The van der Waals surface area contributed by atoms with Crippen LogP contribution in [-0.2, 0) is 12.8 Å². The van der Waals surface area contributed by atoms with Crippen molar-refractivity contribution in [1.29, 1.82) is 0 Å². The van der Waals surface area contributed by atoms with Crippen LogP contribution in [0.25, 0.3) is 10.9 Å². The predicted octanol–water partition coefficient (Wildman–Crippen LogP) is 5.02. The monoisotopic (exact) mass is 241 g/mol. The molecule has 2 aromatic rings. The maximum Gasteiger partial charge on any atom is 0.0457 e. The maximum absolute atomic E-state index is 3.38. The van der Waals surface area contributed by atoms with E-state index < -0.39 is 0 Å². The summed E-state index contributed by atoms with van der Waals surface area (Å²) in [5, 5.41) is 1.39. The molecule has 0 spiro atoms. The van der Waals surface area contributed by atoms with Gasteiger partial charge in [-0.1, -0.05) is 38.0 Å². The second kappa shape index (κ2) is 5.90. The lowest BCUT2D eigenvalue weighted by Crippen LogP contribution is -1.87. The van der Waals surface area contributed by atoms with E-state index in [4.69, 9.17) is 0 Å². The van der Waals surface area contributed by atoms with E-state index in [1.807, 2.05) is 0 Å². The van der Waals surface area contributed by atoms with Gasteiger partial charge in [0.2, 0.25) is 0 Å². The Hall–Kier alpha value is -1.50. The SMILES string of the molecule is CC/C=C(/C)Cc1c[nH]c2ccc(CCC)cc12. The Bertz CT molecular complexity index is 546. The lowest BCUT2D eigenvalue weighted by molar-refractivity contribution is 0.923. The van der Waals surface area contributed by atoms with Gasteiger partial charge in [-0.2, -0.15) is 0 Å². The van der Waals surface area contributed by atoms with Gasteiger partial charge in [-0.3, -0.25) is 0 Å². The summed E-state index contributed by atoms with van der Waals surface area (Å²) >= 11 is 0. The van der Waals surface area contributed by atoms with Gasteiger partial charge in [0.15, 0.2) is 0 Å². The number of hydrogen-bond acceptors (Lipinski definition) is 0. The van der Waals surface area contributed by atoms with Crippen molar-refractivity contribution in [3.63, 3.8) is 0 Å². The summed E-state index contributed by atoms with van der Waals surface area (Å²) in [6, 6.07) is 6.80. The lowest BCUT2D eigenvalue weighted by atomic mass is 10.0. The van der Waals surface area contributed by atoms with E-state index in [0.29, 0.717) is 0 Å². The molecule has 0 aliphatic carbocycles. The van der Waals surface area contributed by atoms with Crippen molar-refractivity contribution in [2.45, 2.75) is 46.5 Å². The fourth-order valence-corrected chi connectivity index (χ4v) is 2.54. The van der Waals surface area contributed by atoms with Gasteiger partial charge in [0.1, 0.15) is 0 Å². The molecule has 18 heavy (non-hydrogen) atoms. The minimum absolute atomic E-state index is 1.06. The number of aryl methyl sites for hydroxylation is 1. The summed E-state index contributed by atoms with van der Waals surface area (Å²) in [4.78, 5) is 3.38. The van der Waals surface area contributed by atoms with Crippen LogP contribution >= 0.6 is 0 Å². The highest BCUT2D eigenvalue weighted by Crippen LogP contribution is 2.23. The molecular formula is C17H23N. The molecule has 1 heteroatoms. The smallest absolute Gasteiger partial charge is 0.0457 e. The van der Waals surface area contributed by atoms with Crippen LogP contribution in [0.4, 0.5) is 0 Å². The lowest BCUT2D eigenvalue weighted by Gasteiger charge is -2.03. The molecule has 0 aliphatic heterocycles. The van der Waals surface area contributed by atoms with Crippen LogP contribution in [0.1, 0.15) is 44.7 Å². The van der Waals surface area contributed by atoms with E-state index in [1.165, 1.54) is 40.4 Å². The van der Waals surface area contributed by atoms with Crippen LogP contribution in [0.3, 0.4) is 0 Å². The summed E-state index contributed by atoms with van der Waals surface area (Å²) in [7, 11) is 0. The number of fused-ring (bicyclic) bond motifs is 1. The van der Waals surface area contributed by atoms with Crippen molar-refractivity contribution in [2.75, 3.05) is 0 Å². The standard InChI is InChI=1S/C17H23N/c1-4-6-13(3)10-15-12-18-17-9-8-14(7-5-2)11-16(15)17/h6,8-9,11-12,18H,4-5,7,10H2,1-3H3/b13-6-. The molecule has 0 saturated heterocycles. The summed E-state index contributed by atoms with van der Waals surface area (Å²) in [5.74, 6) is 0. The molecule has 0 saturated carbocycles. The highest BCUT2D eigenvalue weighted by molar-refractivity contribution is 5.84. The third kappa shape index (κ3) is 2.84. The minimum Gasteiger partial charge on any atom is -0.361 e. The Morgan fingerprint density at radius 3 is 2.83 bits per heavy atom. The number of hydrogen-bond donors (Lipinski definition) is 1. The summed E-state index contributed by atoms with van der Waals surface area (Å²) < 4.78 is 0. The molecule has 0 aliphatic rings. The predicted molar refractivity (Wildman–Crippen MR) is 80.0 cm³/mol. The quantitative estimate of drug-likeness (QED) is 0.707. The fraction of sp³-hybridized carbons (Fsp3) is 0.412. The normalized spacial score (nSPS) is 12.3. The highest BCUT2D eigenvalue weighted by atomic mass is 14.7.